The quantitative estimate of drug-likeness (QED) is 0.573. The summed E-state index contributed by atoms with van der Waals surface area (Å²) in [5.74, 6) is 0. The summed E-state index contributed by atoms with van der Waals surface area (Å²) >= 11 is 0. The molecule has 16 heavy (non-hydrogen) atoms. The number of nitrogens with one attached hydrogen (secondary N) is 1. The predicted molar refractivity (Wildman–Crippen MR) is 66.1 cm³/mol. The van der Waals surface area contributed by atoms with Crippen LogP contribution in [0, 0.1) is 11.3 Å². The summed E-state index contributed by atoms with van der Waals surface area (Å²) in [4.78, 5) is 6.36. The van der Waals surface area contributed by atoms with E-state index in [-0.39, 0.29) is 0 Å². The van der Waals surface area contributed by atoms with Crippen molar-refractivity contribution in [3.8, 4) is 6.07 Å². The second-order valence-corrected chi connectivity index (χ2v) is 3.85. The highest BCUT2D eigenvalue weighted by Gasteiger charge is 2.13. The molecule has 1 saturated heterocycles. The van der Waals surface area contributed by atoms with Crippen LogP contribution in [-0.2, 0) is 0 Å². The summed E-state index contributed by atoms with van der Waals surface area (Å²) in [5.41, 5.74) is 2.36. The van der Waals surface area contributed by atoms with Crippen molar-refractivity contribution in [2.45, 2.75) is 13.8 Å². The molecule has 0 aromatic heterocycles. The van der Waals surface area contributed by atoms with Gasteiger partial charge in [-0.2, -0.15) is 5.26 Å². The third kappa shape index (κ3) is 3.52. The molecular weight excluding hydrogens is 200 g/mol. The first kappa shape index (κ1) is 12.5. The molecule has 0 saturated carbocycles. The highest BCUT2D eigenvalue weighted by molar-refractivity contribution is 5.80. The van der Waals surface area contributed by atoms with E-state index in [1.807, 2.05) is 13.8 Å². The van der Waals surface area contributed by atoms with Crippen LogP contribution < -0.4 is 5.32 Å². The van der Waals surface area contributed by atoms with Gasteiger partial charge in [0.25, 0.3) is 0 Å². The van der Waals surface area contributed by atoms with E-state index in [9.17, 15) is 0 Å². The highest BCUT2D eigenvalue weighted by Crippen LogP contribution is 2.09. The molecule has 1 fully saturated rings. The molecule has 0 aliphatic carbocycles. The van der Waals surface area contributed by atoms with Gasteiger partial charge in [-0.05, 0) is 13.8 Å². The van der Waals surface area contributed by atoms with Crippen molar-refractivity contribution in [3.63, 3.8) is 0 Å². The standard InChI is InChI=1S/C12H18N4/c1-10(2)15-9-12(11(3)8-13)16-6-4-14-5-7-16/h9,14H,1,4-7H2,2-3H3/b12-11+,15-9-. The third-order valence-electron chi connectivity index (χ3n) is 2.42. The molecule has 86 valence electrons. The van der Waals surface area contributed by atoms with Crippen molar-refractivity contribution in [2.75, 3.05) is 26.2 Å². The van der Waals surface area contributed by atoms with Crippen LogP contribution >= 0.6 is 0 Å². The minimum atomic E-state index is 0.701. The number of piperazine rings is 1. The van der Waals surface area contributed by atoms with Gasteiger partial charge in [0, 0.05) is 31.9 Å². The molecule has 1 aliphatic heterocycles. The summed E-state index contributed by atoms with van der Waals surface area (Å²) in [6.07, 6.45) is 1.74. The fourth-order valence-corrected chi connectivity index (χ4v) is 1.55. The molecule has 1 rings (SSSR count). The molecule has 1 aliphatic rings. The second-order valence-electron chi connectivity index (χ2n) is 3.85. The predicted octanol–water partition coefficient (Wildman–Crippen LogP) is 1.29. The second kappa shape index (κ2) is 6.09. The smallest absolute Gasteiger partial charge is 0.0966 e. The van der Waals surface area contributed by atoms with Gasteiger partial charge in [-0.15, -0.1) is 0 Å². The van der Waals surface area contributed by atoms with E-state index in [2.05, 4.69) is 27.9 Å². The molecule has 0 atom stereocenters. The molecule has 0 spiro atoms. The first-order valence-corrected chi connectivity index (χ1v) is 5.41. The molecular formula is C12H18N4. The minimum absolute atomic E-state index is 0.701. The highest BCUT2D eigenvalue weighted by atomic mass is 15.2. The van der Waals surface area contributed by atoms with Gasteiger partial charge in [0.1, 0.15) is 0 Å². The SMILES string of the molecule is C=C(C)/N=C\C(=C(\C)C#N)N1CCNCC1. The average molecular weight is 218 g/mol. The maximum atomic E-state index is 8.97. The zero-order valence-electron chi connectivity index (χ0n) is 9.95. The lowest BCUT2D eigenvalue weighted by Crippen LogP contribution is -2.43. The fourth-order valence-electron chi connectivity index (χ4n) is 1.55. The maximum Gasteiger partial charge on any atom is 0.0966 e. The molecule has 0 aromatic carbocycles. The monoisotopic (exact) mass is 218 g/mol. The lowest BCUT2D eigenvalue weighted by atomic mass is 10.2. The van der Waals surface area contributed by atoms with Gasteiger partial charge >= 0.3 is 0 Å². The Morgan fingerprint density at radius 1 is 1.44 bits per heavy atom. The van der Waals surface area contributed by atoms with Gasteiger partial charge in [-0.3, -0.25) is 4.99 Å². The van der Waals surface area contributed by atoms with E-state index in [1.165, 1.54) is 0 Å². The van der Waals surface area contributed by atoms with Crippen LogP contribution in [-0.4, -0.2) is 37.3 Å². The van der Waals surface area contributed by atoms with E-state index < -0.39 is 0 Å². The van der Waals surface area contributed by atoms with Crippen LogP contribution in [0.15, 0.2) is 28.5 Å². The van der Waals surface area contributed by atoms with E-state index in [1.54, 1.807) is 6.21 Å². The van der Waals surface area contributed by atoms with E-state index >= 15 is 0 Å². The number of aliphatic imine (C=N–C) groups is 1. The lowest BCUT2D eigenvalue weighted by Gasteiger charge is -2.30. The maximum absolute atomic E-state index is 8.97. The van der Waals surface area contributed by atoms with Gasteiger partial charge < -0.3 is 10.2 Å². The van der Waals surface area contributed by atoms with Gasteiger partial charge in [-0.25, -0.2) is 0 Å². The zero-order valence-corrected chi connectivity index (χ0v) is 9.95. The molecule has 0 aromatic rings. The molecule has 4 nitrogen and oxygen atoms in total. The topological polar surface area (TPSA) is 51.4 Å². The van der Waals surface area contributed by atoms with Crippen molar-refractivity contribution in [1.82, 2.24) is 10.2 Å². The first-order chi connectivity index (χ1) is 7.65. The fraction of sp³-hybridized carbons (Fsp3) is 0.500. The molecule has 0 radical (unpaired) electrons. The Balaban J connectivity index is 2.88. The minimum Gasteiger partial charge on any atom is -0.367 e. The number of nitrogens with zero attached hydrogens (tertiary/aromatic N) is 3. The molecule has 0 unspecified atom stereocenters. The summed E-state index contributed by atoms with van der Waals surface area (Å²) < 4.78 is 0. The number of nitriles is 1. The number of hydrogen-bond donors (Lipinski definition) is 1. The number of hydrogen-bond acceptors (Lipinski definition) is 4. The van der Waals surface area contributed by atoms with Crippen LogP contribution in [0.1, 0.15) is 13.8 Å². The Morgan fingerprint density at radius 2 is 2.06 bits per heavy atom. The van der Waals surface area contributed by atoms with Gasteiger partial charge in [0.15, 0.2) is 0 Å². The molecule has 0 amide bonds. The summed E-state index contributed by atoms with van der Waals surface area (Å²) in [7, 11) is 0. The summed E-state index contributed by atoms with van der Waals surface area (Å²) in [6, 6.07) is 2.18. The Labute approximate surface area is 97.0 Å². The largest absolute Gasteiger partial charge is 0.367 e. The van der Waals surface area contributed by atoms with Crippen LogP contribution in [0.25, 0.3) is 0 Å². The average Bonchev–Trinajstić information content (AvgIpc) is 2.30. The zero-order chi connectivity index (χ0) is 12.0. The molecule has 0 bridgehead atoms. The van der Waals surface area contributed by atoms with Crippen LogP contribution in [0.2, 0.25) is 0 Å². The third-order valence-corrected chi connectivity index (χ3v) is 2.42. The van der Waals surface area contributed by atoms with Crippen LogP contribution in [0.4, 0.5) is 0 Å². The van der Waals surface area contributed by atoms with E-state index in [0.717, 1.165) is 37.6 Å². The van der Waals surface area contributed by atoms with Crippen LogP contribution in [0.3, 0.4) is 0 Å². The first-order valence-electron chi connectivity index (χ1n) is 5.41. The van der Waals surface area contributed by atoms with Crippen LogP contribution in [0.5, 0.6) is 0 Å². The number of rotatable bonds is 3. The van der Waals surface area contributed by atoms with Crippen molar-refractivity contribution < 1.29 is 0 Å². The van der Waals surface area contributed by atoms with Gasteiger partial charge in [0.2, 0.25) is 0 Å². The normalized spacial score (nSPS) is 18.2. The van der Waals surface area contributed by atoms with E-state index in [4.69, 9.17) is 5.26 Å². The summed E-state index contributed by atoms with van der Waals surface area (Å²) in [5, 5.41) is 12.2. The van der Waals surface area contributed by atoms with E-state index in [0.29, 0.717) is 5.57 Å². The van der Waals surface area contributed by atoms with Crippen molar-refractivity contribution in [3.05, 3.63) is 23.5 Å². The molecule has 1 N–H and O–H groups in total. The molecule has 1 heterocycles. The van der Waals surface area contributed by atoms with Gasteiger partial charge in [0.05, 0.1) is 23.6 Å². The number of allylic oxidation sites excluding steroid dienone is 3. The molecule has 4 heteroatoms. The van der Waals surface area contributed by atoms with Gasteiger partial charge in [-0.1, -0.05) is 6.58 Å². The van der Waals surface area contributed by atoms with Crippen molar-refractivity contribution in [2.24, 2.45) is 4.99 Å². The Kier molecular flexibility index (Phi) is 4.74. The van der Waals surface area contributed by atoms with Crippen molar-refractivity contribution >= 4 is 6.21 Å². The Bertz CT molecular complexity index is 354. The lowest BCUT2D eigenvalue weighted by molar-refractivity contribution is 0.311. The Morgan fingerprint density at radius 3 is 2.56 bits per heavy atom. The summed E-state index contributed by atoms with van der Waals surface area (Å²) in [6.45, 7) is 11.1. The van der Waals surface area contributed by atoms with Crippen molar-refractivity contribution in [1.29, 1.82) is 5.26 Å². The Hall–Kier alpha value is -1.60.